The van der Waals surface area contributed by atoms with E-state index >= 15 is 0 Å². The molecule has 1 atom stereocenters. The lowest BCUT2D eigenvalue weighted by Crippen LogP contribution is -2.51. The van der Waals surface area contributed by atoms with Gasteiger partial charge in [-0.15, -0.1) is 0 Å². The van der Waals surface area contributed by atoms with Gasteiger partial charge in [0.05, 0.1) is 5.69 Å². The standard InChI is InChI=1S/C22H31N3O3/c1-6-22(21(27)28,18-10-8-7-9-11-18)23-20(26)13-12-19-16(4)24-25(17(19)5)14-15(2)3/h7-11,15H,6,12-14H2,1-5H3,(H,23,26)(H,27,28). The SMILES string of the molecule is CCC(NC(=O)CCc1c(C)nn(CC(C)C)c1C)(C(=O)O)c1ccccc1. The van der Waals surface area contributed by atoms with Crippen LogP contribution >= 0.6 is 0 Å². The Morgan fingerprint density at radius 3 is 2.39 bits per heavy atom. The Hall–Kier alpha value is -2.63. The van der Waals surface area contributed by atoms with Crippen molar-refractivity contribution < 1.29 is 14.7 Å². The van der Waals surface area contributed by atoms with Crippen molar-refractivity contribution in [2.75, 3.05) is 0 Å². The highest BCUT2D eigenvalue weighted by atomic mass is 16.4. The third-order valence-corrected chi connectivity index (χ3v) is 5.19. The molecule has 1 amide bonds. The van der Waals surface area contributed by atoms with E-state index in [-0.39, 0.29) is 18.7 Å². The number of carbonyl (C=O) groups excluding carboxylic acids is 1. The number of aryl methyl sites for hydroxylation is 1. The summed E-state index contributed by atoms with van der Waals surface area (Å²) in [4.78, 5) is 24.7. The van der Waals surface area contributed by atoms with Gasteiger partial charge in [0.25, 0.3) is 0 Å². The van der Waals surface area contributed by atoms with Gasteiger partial charge in [-0.3, -0.25) is 9.48 Å². The lowest BCUT2D eigenvalue weighted by molar-refractivity contribution is -0.148. The minimum atomic E-state index is -1.41. The van der Waals surface area contributed by atoms with Gasteiger partial charge in [-0.25, -0.2) is 4.79 Å². The Morgan fingerprint density at radius 2 is 1.86 bits per heavy atom. The average Bonchev–Trinajstić information content (AvgIpc) is 2.91. The van der Waals surface area contributed by atoms with Crippen LogP contribution in [0.15, 0.2) is 30.3 Å². The van der Waals surface area contributed by atoms with Gasteiger partial charge >= 0.3 is 5.97 Å². The molecule has 6 heteroatoms. The molecule has 28 heavy (non-hydrogen) atoms. The van der Waals surface area contributed by atoms with Crippen molar-refractivity contribution >= 4 is 11.9 Å². The second-order valence-electron chi connectivity index (χ2n) is 7.70. The molecular weight excluding hydrogens is 354 g/mol. The van der Waals surface area contributed by atoms with E-state index in [1.54, 1.807) is 31.2 Å². The summed E-state index contributed by atoms with van der Waals surface area (Å²) in [5.41, 5.74) is 2.23. The summed E-state index contributed by atoms with van der Waals surface area (Å²) in [6.07, 6.45) is 1.02. The van der Waals surface area contributed by atoms with Crippen LogP contribution in [0.25, 0.3) is 0 Å². The molecule has 1 heterocycles. The first-order valence-electron chi connectivity index (χ1n) is 9.84. The van der Waals surface area contributed by atoms with E-state index in [0.717, 1.165) is 23.5 Å². The van der Waals surface area contributed by atoms with Crippen LogP contribution in [-0.4, -0.2) is 26.8 Å². The molecular formula is C22H31N3O3. The van der Waals surface area contributed by atoms with Gasteiger partial charge in [0, 0.05) is 18.7 Å². The van der Waals surface area contributed by atoms with Crippen molar-refractivity contribution in [3.05, 3.63) is 52.8 Å². The maximum absolute atomic E-state index is 12.7. The molecule has 0 aliphatic heterocycles. The zero-order chi connectivity index (χ0) is 20.9. The number of carboxylic acids is 1. The van der Waals surface area contributed by atoms with E-state index in [1.165, 1.54) is 0 Å². The van der Waals surface area contributed by atoms with Crippen LogP contribution < -0.4 is 5.32 Å². The molecule has 6 nitrogen and oxygen atoms in total. The summed E-state index contributed by atoms with van der Waals surface area (Å²) in [6, 6.07) is 8.87. The van der Waals surface area contributed by atoms with Crippen molar-refractivity contribution in [3.8, 4) is 0 Å². The quantitative estimate of drug-likeness (QED) is 0.691. The van der Waals surface area contributed by atoms with Crippen LogP contribution in [0, 0.1) is 19.8 Å². The molecule has 2 aromatic rings. The maximum atomic E-state index is 12.7. The molecule has 2 N–H and O–H groups in total. The number of nitrogens with one attached hydrogen (secondary N) is 1. The largest absolute Gasteiger partial charge is 0.479 e. The number of carbonyl (C=O) groups is 2. The van der Waals surface area contributed by atoms with Crippen molar-refractivity contribution in [3.63, 3.8) is 0 Å². The number of hydrogen-bond acceptors (Lipinski definition) is 3. The molecule has 0 aliphatic rings. The fourth-order valence-electron chi connectivity index (χ4n) is 3.57. The smallest absolute Gasteiger partial charge is 0.334 e. The number of hydrogen-bond donors (Lipinski definition) is 2. The topological polar surface area (TPSA) is 84.2 Å². The Bertz CT molecular complexity index is 827. The highest BCUT2D eigenvalue weighted by Crippen LogP contribution is 2.26. The van der Waals surface area contributed by atoms with Crippen LogP contribution in [-0.2, 0) is 28.1 Å². The second kappa shape index (κ2) is 9.04. The molecule has 2 rings (SSSR count). The Balaban J connectivity index is 2.15. The monoisotopic (exact) mass is 385 g/mol. The number of nitrogens with zero attached hydrogens (tertiary/aromatic N) is 2. The third-order valence-electron chi connectivity index (χ3n) is 5.19. The number of benzene rings is 1. The first kappa shape index (κ1) is 21.7. The van der Waals surface area contributed by atoms with E-state index in [4.69, 9.17) is 0 Å². The van der Waals surface area contributed by atoms with Crippen molar-refractivity contribution in [1.82, 2.24) is 15.1 Å². The summed E-state index contributed by atoms with van der Waals surface area (Å²) in [5, 5.41) is 17.2. The summed E-state index contributed by atoms with van der Waals surface area (Å²) in [5.74, 6) is -0.837. The van der Waals surface area contributed by atoms with E-state index in [2.05, 4.69) is 24.3 Å². The van der Waals surface area contributed by atoms with Crippen LogP contribution in [0.1, 0.15) is 56.1 Å². The molecule has 0 bridgehead atoms. The van der Waals surface area contributed by atoms with Crippen molar-refractivity contribution in [2.45, 2.75) is 66.0 Å². The average molecular weight is 386 g/mol. The molecule has 0 aliphatic carbocycles. The van der Waals surface area contributed by atoms with Gasteiger partial charge < -0.3 is 10.4 Å². The Labute approximate surface area is 167 Å². The zero-order valence-electron chi connectivity index (χ0n) is 17.5. The van der Waals surface area contributed by atoms with Crippen molar-refractivity contribution in [2.24, 2.45) is 5.92 Å². The Kier molecular flexibility index (Phi) is 7.00. The molecule has 0 saturated carbocycles. The number of rotatable bonds is 9. The van der Waals surface area contributed by atoms with E-state index in [0.29, 0.717) is 17.9 Å². The highest BCUT2D eigenvalue weighted by Gasteiger charge is 2.40. The molecule has 0 saturated heterocycles. The van der Waals surface area contributed by atoms with Crippen LogP contribution in [0.2, 0.25) is 0 Å². The third kappa shape index (κ3) is 4.61. The van der Waals surface area contributed by atoms with E-state index in [9.17, 15) is 14.7 Å². The fraction of sp³-hybridized carbons (Fsp3) is 0.500. The van der Waals surface area contributed by atoms with Gasteiger partial charge in [0.2, 0.25) is 5.91 Å². The normalized spacial score (nSPS) is 13.4. The highest BCUT2D eigenvalue weighted by molar-refractivity contribution is 5.88. The predicted octanol–water partition coefficient (Wildman–Crippen LogP) is 3.59. The number of aromatic nitrogens is 2. The first-order valence-corrected chi connectivity index (χ1v) is 9.84. The van der Waals surface area contributed by atoms with Gasteiger partial charge in [-0.1, -0.05) is 51.1 Å². The zero-order valence-corrected chi connectivity index (χ0v) is 17.5. The number of aliphatic carboxylic acids is 1. The molecule has 1 unspecified atom stereocenters. The minimum Gasteiger partial charge on any atom is -0.479 e. The second-order valence-corrected chi connectivity index (χ2v) is 7.70. The van der Waals surface area contributed by atoms with Gasteiger partial charge in [0.1, 0.15) is 0 Å². The van der Waals surface area contributed by atoms with Gasteiger partial charge in [-0.2, -0.15) is 5.10 Å². The lowest BCUT2D eigenvalue weighted by Gasteiger charge is -2.30. The minimum absolute atomic E-state index is 0.219. The molecule has 0 spiro atoms. The lowest BCUT2D eigenvalue weighted by atomic mass is 9.87. The summed E-state index contributed by atoms with van der Waals surface area (Å²) >= 11 is 0. The Morgan fingerprint density at radius 1 is 1.21 bits per heavy atom. The fourth-order valence-corrected chi connectivity index (χ4v) is 3.57. The maximum Gasteiger partial charge on any atom is 0.334 e. The molecule has 1 aromatic carbocycles. The molecule has 1 aromatic heterocycles. The summed E-state index contributed by atoms with van der Waals surface area (Å²) in [6.45, 7) is 10.9. The molecule has 0 radical (unpaired) electrons. The summed E-state index contributed by atoms with van der Waals surface area (Å²) in [7, 11) is 0. The first-order chi connectivity index (χ1) is 13.2. The molecule has 152 valence electrons. The molecule has 0 fully saturated rings. The van der Waals surface area contributed by atoms with E-state index < -0.39 is 11.5 Å². The van der Waals surface area contributed by atoms with Crippen LogP contribution in [0.4, 0.5) is 0 Å². The summed E-state index contributed by atoms with van der Waals surface area (Å²) < 4.78 is 1.99. The van der Waals surface area contributed by atoms with E-state index in [1.807, 2.05) is 24.6 Å². The van der Waals surface area contributed by atoms with Crippen LogP contribution in [0.3, 0.4) is 0 Å². The number of amides is 1. The van der Waals surface area contributed by atoms with Gasteiger partial charge in [0.15, 0.2) is 5.54 Å². The van der Waals surface area contributed by atoms with Gasteiger partial charge in [-0.05, 0) is 43.7 Å². The van der Waals surface area contributed by atoms with Crippen LogP contribution in [0.5, 0.6) is 0 Å². The predicted molar refractivity (Wildman–Crippen MR) is 109 cm³/mol. The van der Waals surface area contributed by atoms with Crippen molar-refractivity contribution in [1.29, 1.82) is 0 Å². The number of carboxylic acid groups (broad SMARTS) is 1.